The number of carbonyl (C=O) groups is 2. The highest BCUT2D eigenvalue weighted by atomic mass is 16.4. The molecule has 0 spiro atoms. The monoisotopic (exact) mass is 242 g/mol. The van der Waals surface area contributed by atoms with Crippen LogP contribution in [0.1, 0.15) is 33.6 Å². The fourth-order valence-corrected chi connectivity index (χ4v) is 2.39. The Morgan fingerprint density at radius 2 is 2.18 bits per heavy atom. The molecule has 0 bridgehead atoms. The zero-order valence-corrected chi connectivity index (χ0v) is 10.8. The molecule has 3 unspecified atom stereocenters. The molecule has 1 heterocycles. The zero-order chi connectivity index (χ0) is 13.0. The number of aliphatic carboxylic acids is 1. The Balaban J connectivity index is 2.66. The maximum Gasteiger partial charge on any atom is 0.305 e. The number of carboxylic acid groups (broad SMARTS) is 1. The minimum absolute atomic E-state index is 0.000676. The number of likely N-dealkylation sites (N-methyl/N-ethyl adjacent to an activating group) is 1. The van der Waals surface area contributed by atoms with Crippen LogP contribution in [0.25, 0.3) is 0 Å². The second-order valence-electron chi connectivity index (χ2n) is 4.77. The van der Waals surface area contributed by atoms with Crippen molar-refractivity contribution in [2.24, 2.45) is 5.92 Å². The number of nitrogens with zero attached hydrogens (tertiary/aromatic N) is 1. The molecule has 0 saturated carbocycles. The molecule has 5 heteroatoms. The molecule has 0 aromatic heterocycles. The van der Waals surface area contributed by atoms with Crippen LogP contribution >= 0.6 is 0 Å². The smallest absolute Gasteiger partial charge is 0.305 e. The van der Waals surface area contributed by atoms with Gasteiger partial charge in [-0.3, -0.25) is 9.59 Å². The lowest BCUT2D eigenvalue weighted by molar-refractivity contribution is -0.141. The van der Waals surface area contributed by atoms with E-state index >= 15 is 0 Å². The van der Waals surface area contributed by atoms with E-state index in [1.165, 1.54) is 0 Å². The number of carboxylic acids is 1. The summed E-state index contributed by atoms with van der Waals surface area (Å²) in [5.41, 5.74) is 0. The Morgan fingerprint density at radius 3 is 2.59 bits per heavy atom. The van der Waals surface area contributed by atoms with Crippen molar-refractivity contribution in [3.8, 4) is 0 Å². The molecule has 1 amide bonds. The Hall–Kier alpha value is -1.10. The van der Waals surface area contributed by atoms with Gasteiger partial charge in [0, 0.05) is 12.6 Å². The predicted octanol–water partition coefficient (Wildman–Crippen LogP) is 0.696. The van der Waals surface area contributed by atoms with Gasteiger partial charge in [-0.1, -0.05) is 6.92 Å². The molecule has 1 aliphatic rings. The highest BCUT2D eigenvalue weighted by Gasteiger charge is 2.33. The van der Waals surface area contributed by atoms with Crippen molar-refractivity contribution in [2.45, 2.75) is 45.7 Å². The summed E-state index contributed by atoms with van der Waals surface area (Å²) in [6, 6.07) is -0.397. The highest BCUT2D eigenvalue weighted by molar-refractivity contribution is 5.83. The van der Waals surface area contributed by atoms with Gasteiger partial charge < -0.3 is 15.3 Å². The number of nitrogens with one attached hydrogen (secondary N) is 1. The van der Waals surface area contributed by atoms with E-state index in [9.17, 15) is 9.59 Å². The molecule has 1 rings (SSSR count). The minimum atomic E-state index is -0.865. The van der Waals surface area contributed by atoms with Crippen LogP contribution in [0.15, 0.2) is 0 Å². The first kappa shape index (κ1) is 14.0. The number of carbonyl (C=O) groups excluding carboxylic acids is 1. The van der Waals surface area contributed by atoms with E-state index in [0.717, 1.165) is 13.0 Å². The normalized spacial score (nSPS) is 25.6. The maximum absolute atomic E-state index is 12.3. The van der Waals surface area contributed by atoms with Crippen LogP contribution in [0.4, 0.5) is 0 Å². The summed E-state index contributed by atoms with van der Waals surface area (Å²) >= 11 is 0. The topological polar surface area (TPSA) is 69.6 Å². The van der Waals surface area contributed by atoms with Gasteiger partial charge in [0.2, 0.25) is 5.91 Å². The molecule has 17 heavy (non-hydrogen) atoms. The number of hydrogen-bond acceptors (Lipinski definition) is 3. The summed E-state index contributed by atoms with van der Waals surface area (Å²) in [6.45, 7) is 7.14. The van der Waals surface area contributed by atoms with E-state index in [1.54, 1.807) is 11.8 Å². The molecule has 1 aliphatic heterocycles. The van der Waals surface area contributed by atoms with Gasteiger partial charge in [0.1, 0.15) is 0 Å². The van der Waals surface area contributed by atoms with Gasteiger partial charge in [-0.25, -0.2) is 0 Å². The van der Waals surface area contributed by atoms with E-state index in [2.05, 4.69) is 12.2 Å². The fraction of sp³-hybridized carbons (Fsp3) is 0.833. The van der Waals surface area contributed by atoms with E-state index in [0.29, 0.717) is 12.5 Å². The third kappa shape index (κ3) is 3.43. The summed E-state index contributed by atoms with van der Waals surface area (Å²) in [5, 5.41) is 12.0. The van der Waals surface area contributed by atoms with Crippen LogP contribution in [0.3, 0.4) is 0 Å². The molecule has 0 radical (unpaired) electrons. The van der Waals surface area contributed by atoms with Gasteiger partial charge >= 0.3 is 5.97 Å². The van der Waals surface area contributed by atoms with Crippen molar-refractivity contribution in [3.63, 3.8) is 0 Å². The van der Waals surface area contributed by atoms with Crippen LogP contribution < -0.4 is 5.32 Å². The van der Waals surface area contributed by atoms with Gasteiger partial charge in [-0.2, -0.15) is 0 Å². The minimum Gasteiger partial charge on any atom is -0.481 e. The Bertz CT molecular complexity index is 293. The van der Waals surface area contributed by atoms with Crippen molar-refractivity contribution in [2.75, 3.05) is 13.1 Å². The summed E-state index contributed by atoms with van der Waals surface area (Å²) < 4.78 is 0. The number of amides is 1. The molecule has 0 aromatic rings. The van der Waals surface area contributed by atoms with Crippen molar-refractivity contribution < 1.29 is 14.7 Å². The largest absolute Gasteiger partial charge is 0.481 e. The van der Waals surface area contributed by atoms with Crippen LogP contribution in [-0.2, 0) is 9.59 Å². The van der Waals surface area contributed by atoms with Gasteiger partial charge in [0.05, 0.1) is 12.5 Å². The highest BCUT2D eigenvalue weighted by Crippen LogP contribution is 2.18. The van der Waals surface area contributed by atoms with Crippen LogP contribution in [-0.4, -0.2) is 47.1 Å². The second-order valence-corrected chi connectivity index (χ2v) is 4.77. The van der Waals surface area contributed by atoms with Gasteiger partial charge in [0.15, 0.2) is 0 Å². The average Bonchev–Trinajstić information content (AvgIpc) is 2.64. The molecule has 3 atom stereocenters. The predicted molar refractivity (Wildman–Crippen MR) is 64.7 cm³/mol. The van der Waals surface area contributed by atoms with E-state index in [1.807, 2.05) is 6.92 Å². The lowest BCUT2D eigenvalue weighted by atomic mass is 10.0. The SMILES string of the molecule is CCN(C(=O)C1NCCC1C)C(C)CC(=O)O. The molecule has 2 N–H and O–H groups in total. The molecular weight excluding hydrogens is 220 g/mol. The van der Waals surface area contributed by atoms with Crippen LogP contribution in [0.5, 0.6) is 0 Å². The van der Waals surface area contributed by atoms with Crippen molar-refractivity contribution >= 4 is 11.9 Å². The van der Waals surface area contributed by atoms with Gasteiger partial charge in [-0.15, -0.1) is 0 Å². The molecule has 0 aromatic carbocycles. The van der Waals surface area contributed by atoms with Crippen LogP contribution in [0.2, 0.25) is 0 Å². The fourth-order valence-electron chi connectivity index (χ4n) is 2.39. The molecular formula is C12H22N2O3. The number of rotatable bonds is 5. The maximum atomic E-state index is 12.3. The van der Waals surface area contributed by atoms with Crippen molar-refractivity contribution in [1.29, 1.82) is 0 Å². The van der Waals surface area contributed by atoms with E-state index in [-0.39, 0.29) is 24.4 Å². The standard InChI is InChI=1S/C12H22N2O3/c1-4-14(9(3)7-10(15)16)12(17)11-8(2)5-6-13-11/h8-9,11,13H,4-7H2,1-3H3,(H,15,16). The summed E-state index contributed by atoms with van der Waals surface area (Å²) in [4.78, 5) is 24.6. The summed E-state index contributed by atoms with van der Waals surface area (Å²) in [7, 11) is 0. The van der Waals surface area contributed by atoms with Crippen molar-refractivity contribution in [3.05, 3.63) is 0 Å². The molecule has 5 nitrogen and oxygen atoms in total. The third-order valence-electron chi connectivity index (χ3n) is 3.42. The van der Waals surface area contributed by atoms with Crippen LogP contribution in [0, 0.1) is 5.92 Å². The first-order chi connectivity index (χ1) is 7.97. The molecule has 98 valence electrons. The summed E-state index contributed by atoms with van der Waals surface area (Å²) in [5.74, 6) is -0.504. The van der Waals surface area contributed by atoms with E-state index < -0.39 is 5.97 Å². The Kier molecular flexibility index (Phi) is 4.93. The van der Waals surface area contributed by atoms with Gasteiger partial charge in [0.25, 0.3) is 0 Å². The van der Waals surface area contributed by atoms with Crippen molar-refractivity contribution in [1.82, 2.24) is 10.2 Å². The van der Waals surface area contributed by atoms with E-state index in [4.69, 9.17) is 5.11 Å². The second kappa shape index (κ2) is 6.00. The molecule has 0 aliphatic carbocycles. The lowest BCUT2D eigenvalue weighted by Crippen LogP contribution is -2.49. The average molecular weight is 242 g/mol. The summed E-state index contributed by atoms with van der Waals surface area (Å²) in [6.07, 6.45) is 1.00. The third-order valence-corrected chi connectivity index (χ3v) is 3.42. The zero-order valence-electron chi connectivity index (χ0n) is 10.8. The van der Waals surface area contributed by atoms with Gasteiger partial charge in [-0.05, 0) is 32.7 Å². The first-order valence-electron chi connectivity index (χ1n) is 6.23. The molecule has 1 saturated heterocycles. The quantitative estimate of drug-likeness (QED) is 0.744. The number of hydrogen-bond donors (Lipinski definition) is 2. The molecule has 1 fully saturated rings. The first-order valence-corrected chi connectivity index (χ1v) is 6.23. The Labute approximate surface area is 102 Å². The Morgan fingerprint density at radius 1 is 1.53 bits per heavy atom. The lowest BCUT2D eigenvalue weighted by Gasteiger charge is -2.30.